The molecule has 6 heteroatoms. The van der Waals surface area contributed by atoms with Crippen LogP contribution in [-0.4, -0.2) is 4.98 Å². The number of hydrogen-bond acceptors (Lipinski definition) is 3. The fraction of sp³-hybridized carbons (Fsp3) is 0.133. The van der Waals surface area contributed by atoms with Gasteiger partial charge in [0.2, 0.25) is 0 Å². The van der Waals surface area contributed by atoms with Crippen molar-refractivity contribution in [2.45, 2.75) is 12.7 Å². The number of nitrogens with zero attached hydrogens (tertiary/aromatic N) is 1. The van der Waals surface area contributed by atoms with Crippen LogP contribution in [0.1, 0.15) is 11.3 Å². The molecule has 0 fully saturated rings. The summed E-state index contributed by atoms with van der Waals surface area (Å²) in [6.07, 6.45) is -3.19. The molecule has 2 aromatic heterocycles. The van der Waals surface area contributed by atoms with Crippen LogP contribution in [0.15, 0.2) is 48.0 Å². The Morgan fingerprint density at radius 3 is 2.62 bits per heavy atom. The number of halogens is 3. The Labute approximate surface area is 123 Å². The Kier molecular flexibility index (Phi) is 3.55. The number of thiophene rings is 1. The number of fused-ring (bicyclic) bond motifs is 1. The molecule has 0 saturated carbocycles. The first kappa shape index (κ1) is 13.9. The molecule has 2 heterocycles. The van der Waals surface area contributed by atoms with Gasteiger partial charge < -0.3 is 5.32 Å². The van der Waals surface area contributed by atoms with Gasteiger partial charge in [0.1, 0.15) is 5.69 Å². The van der Waals surface area contributed by atoms with Crippen molar-refractivity contribution < 1.29 is 13.2 Å². The highest BCUT2D eigenvalue weighted by atomic mass is 32.1. The molecular formula is C15H11F3N2S. The van der Waals surface area contributed by atoms with E-state index in [0.717, 1.165) is 17.0 Å². The number of nitrogens with one attached hydrogen (secondary N) is 1. The van der Waals surface area contributed by atoms with Crippen LogP contribution < -0.4 is 5.32 Å². The van der Waals surface area contributed by atoms with Crippen LogP contribution in [0.4, 0.5) is 18.9 Å². The molecule has 0 aliphatic heterocycles. The first-order chi connectivity index (χ1) is 10.0. The number of hydrogen-bond donors (Lipinski definition) is 1. The molecule has 0 saturated heterocycles. The zero-order valence-electron chi connectivity index (χ0n) is 10.8. The van der Waals surface area contributed by atoms with E-state index in [4.69, 9.17) is 0 Å². The maximum absolute atomic E-state index is 12.4. The Hall–Kier alpha value is -2.08. The van der Waals surface area contributed by atoms with Gasteiger partial charge in [-0.3, -0.25) is 0 Å². The summed E-state index contributed by atoms with van der Waals surface area (Å²) in [7, 11) is 0. The standard InChI is InChI=1S/C15H11F3N2S/c16-15(17,18)14-6-5-11(8-20-14)19-7-10-9-21-13-4-2-1-3-12(10)13/h1-6,8-9,19H,7H2. The molecule has 2 nitrogen and oxygen atoms in total. The number of benzene rings is 1. The molecule has 3 aromatic rings. The summed E-state index contributed by atoms with van der Waals surface area (Å²) in [5.41, 5.74) is 0.808. The van der Waals surface area contributed by atoms with Crippen LogP contribution in [0.5, 0.6) is 0 Å². The van der Waals surface area contributed by atoms with Crippen LogP contribution in [0, 0.1) is 0 Å². The zero-order valence-corrected chi connectivity index (χ0v) is 11.6. The molecule has 1 N–H and O–H groups in total. The maximum atomic E-state index is 12.4. The molecule has 21 heavy (non-hydrogen) atoms. The molecular weight excluding hydrogens is 297 g/mol. The third-order valence-corrected chi connectivity index (χ3v) is 4.11. The van der Waals surface area contributed by atoms with E-state index in [1.54, 1.807) is 11.3 Å². The van der Waals surface area contributed by atoms with Gasteiger partial charge in [-0.25, -0.2) is 4.98 Å². The summed E-state index contributed by atoms with van der Waals surface area (Å²) < 4.78 is 38.5. The van der Waals surface area contributed by atoms with Crippen molar-refractivity contribution in [2.75, 3.05) is 5.32 Å². The van der Waals surface area contributed by atoms with Crippen molar-refractivity contribution >= 4 is 27.1 Å². The van der Waals surface area contributed by atoms with Crippen molar-refractivity contribution in [1.82, 2.24) is 4.98 Å². The van der Waals surface area contributed by atoms with E-state index >= 15 is 0 Å². The normalized spacial score (nSPS) is 11.8. The Balaban J connectivity index is 1.73. The topological polar surface area (TPSA) is 24.9 Å². The number of anilines is 1. The van der Waals surface area contributed by atoms with E-state index in [1.807, 2.05) is 24.3 Å². The van der Waals surface area contributed by atoms with Crippen molar-refractivity contribution in [3.05, 3.63) is 59.2 Å². The number of pyridine rings is 1. The van der Waals surface area contributed by atoms with Gasteiger partial charge in [-0.2, -0.15) is 13.2 Å². The minimum absolute atomic E-state index is 0.553. The lowest BCUT2D eigenvalue weighted by atomic mass is 10.2. The summed E-state index contributed by atoms with van der Waals surface area (Å²) in [4.78, 5) is 3.43. The fourth-order valence-electron chi connectivity index (χ4n) is 2.03. The van der Waals surface area contributed by atoms with Gasteiger partial charge in [-0.1, -0.05) is 18.2 Å². The van der Waals surface area contributed by atoms with Crippen molar-refractivity contribution in [3.8, 4) is 0 Å². The minimum atomic E-state index is -4.40. The largest absolute Gasteiger partial charge is 0.433 e. The van der Waals surface area contributed by atoms with Crippen LogP contribution in [0.2, 0.25) is 0 Å². The zero-order chi connectivity index (χ0) is 14.9. The maximum Gasteiger partial charge on any atom is 0.433 e. The van der Waals surface area contributed by atoms with Crippen LogP contribution in [0.25, 0.3) is 10.1 Å². The Morgan fingerprint density at radius 2 is 1.90 bits per heavy atom. The van der Waals surface area contributed by atoms with Gasteiger partial charge in [0, 0.05) is 11.2 Å². The van der Waals surface area contributed by atoms with E-state index in [0.29, 0.717) is 12.2 Å². The lowest BCUT2D eigenvalue weighted by molar-refractivity contribution is -0.141. The van der Waals surface area contributed by atoms with Crippen LogP contribution in [-0.2, 0) is 12.7 Å². The monoisotopic (exact) mass is 308 g/mol. The van der Waals surface area contributed by atoms with Gasteiger partial charge in [-0.15, -0.1) is 11.3 Å². The molecule has 0 radical (unpaired) electrons. The fourth-order valence-corrected chi connectivity index (χ4v) is 3.00. The minimum Gasteiger partial charge on any atom is -0.380 e. The third-order valence-electron chi connectivity index (χ3n) is 3.10. The van der Waals surface area contributed by atoms with E-state index in [2.05, 4.69) is 15.7 Å². The molecule has 0 unspecified atom stereocenters. The van der Waals surface area contributed by atoms with E-state index in [9.17, 15) is 13.2 Å². The molecule has 0 amide bonds. The quantitative estimate of drug-likeness (QED) is 0.742. The summed E-state index contributed by atoms with van der Waals surface area (Å²) >= 11 is 1.65. The van der Waals surface area contributed by atoms with Crippen LogP contribution >= 0.6 is 11.3 Å². The second kappa shape index (κ2) is 5.37. The van der Waals surface area contributed by atoms with E-state index < -0.39 is 11.9 Å². The summed E-state index contributed by atoms with van der Waals surface area (Å²) in [5, 5.41) is 6.31. The molecule has 1 aromatic carbocycles. The van der Waals surface area contributed by atoms with Gasteiger partial charge in [0.05, 0.1) is 11.9 Å². The number of rotatable bonds is 3. The third kappa shape index (κ3) is 3.00. The Morgan fingerprint density at radius 1 is 1.10 bits per heavy atom. The molecule has 108 valence electrons. The van der Waals surface area contributed by atoms with Crippen molar-refractivity contribution in [3.63, 3.8) is 0 Å². The van der Waals surface area contributed by atoms with Crippen molar-refractivity contribution in [2.24, 2.45) is 0 Å². The molecule has 3 rings (SSSR count). The van der Waals surface area contributed by atoms with Gasteiger partial charge >= 0.3 is 6.18 Å². The van der Waals surface area contributed by atoms with Crippen LogP contribution in [0.3, 0.4) is 0 Å². The van der Waals surface area contributed by atoms with Crippen molar-refractivity contribution in [1.29, 1.82) is 0 Å². The average molecular weight is 308 g/mol. The predicted molar refractivity (Wildman–Crippen MR) is 78.4 cm³/mol. The lowest BCUT2D eigenvalue weighted by Crippen LogP contribution is -2.08. The SMILES string of the molecule is FC(F)(F)c1ccc(NCc2csc3ccccc23)cn1. The van der Waals surface area contributed by atoms with Gasteiger partial charge in [0.25, 0.3) is 0 Å². The number of aromatic nitrogens is 1. The highest BCUT2D eigenvalue weighted by Gasteiger charge is 2.31. The van der Waals surface area contributed by atoms with E-state index in [-0.39, 0.29) is 0 Å². The molecule has 0 bridgehead atoms. The van der Waals surface area contributed by atoms with Gasteiger partial charge in [-0.05, 0) is 34.5 Å². The highest BCUT2D eigenvalue weighted by Crippen LogP contribution is 2.29. The average Bonchev–Trinajstić information content (AvgIpc) is 2.88. The second-order valence-electron chi connectivity index (χ2n) is 4.54. The summed E-state index contributed by atoms with van der Waals surface area (Å²) in [6.45, 7) is 0.553. The highest BCUT2D eigenvalue weighted by molar-refractivity contribution is 7.17. The van der Waals surface area contributed by atoms with Gasteiger partial charge in [0.15, 0.2) is 0 Å². The number of alkyl halides is 3. The molecule has 0 aliphatic carbocycles. The van der Waals surface area contributed by atoms with E-state index in [1.165, 1.54) is 17.0 Å². The first-order valence-corrected chi connectivity index (χ1v) is 7.14. The lowest BCUT2D eigenvalue weighted by Gasteiger charge is -2.08. The molecule has 0 spiro atoms. The predicted octanol–water partition coefficient (Wildman–Crippen LogP) is 4.93. The second-order valence-corrected chi connectivity index (χ2v) is 5.45. The first-order valence-electron chi connectivity index (χ1n) is 6.26. The summed E-state index contributed by atoms with van der Waals surface area (Å²) in [5.74, 6) is 0. The molecule has 0 atom stereocenters. The Bertz CT molecular complexity index is 747. The summed E-state index contributed by atoms with van der Waals surface area (Å²) in [6, 6.07) is 10.4. The smallest absolute Gasteiger partial charge is 0.380 e. The molecule has 0 aliphatic rings.